The van der Waals surface area contributed by atoms with Crippen molar-refractivity contribution in [3.63, 3.8) is 0 Å². The van der Waals surface area contributed by atoms with Crippen molar-refractivity contribution in [3.05, 3.63) is 83.6 Å². The number of urea groups is 1. The Hall–Kier alpha value is -4.73. The summed E-state index contributed by atoms with van der Waals surface area (Å²) in [5.74, 6) is -0.590. The molecule has 0 aliphatic rings. The molecule has 4 rings (SSSR count). The van der Waals surface area contributed by atoms with Gasteiger partial charge in [-0.05, 0) is 23.8 Å². The Morgan fingerprint density at radius 3 is 2.38 bits per heavy atom. The lowest BCUT2D eigenvalue weighted by atomic mass is 10.0. The molecule has 0 spiro atoms. The van der Waals surface area contributed by atoms with Crippen LogP contribution in [-0.4, -0.2) is 27.3 Å². The first kappa shape index (κ1) is 20.5. The van der Waals surface area contributed by atoms with Gasteiger partial charge in [-0.25, -0.2) is 4.79 Å². The van der Waals surface area contributed by atoms with E-state index < -0.39 is 11.9 Å². The lowest BCUT2D eigenvalue weighted by Gasteiger charge is -2.11. The predicted molar refractivity (Wildman–Crippen MR) is 119 cm³/mol. The molecule has 10 heteroatoms. The monoisotopic (exact) mass is 429 g/mol. The van der Waals surface area contributed by atoms with Gasteiger partial charge in [-0.2, -0.15) is 0 Å². The number of carbonyl (C=O) groups excluding carboxylic acids is 2. The highest BCUT2D eigenvalue weighted by atomic mass is 16.5. The molecule has 0 saturated carbocycles. The number of primary amides is 1. The van der Waals surface area contributed by atoms with Crippen LogP contribution in [0.3, 0.4) is 0 Å². The fraction of sp³-hybridized carbons (Fsp3) is 0.0455. The SMILES string of the molecule is NC(=O)c1c(Cc2ccccc2NC(=O)Nc2ccc(-c3ccccc3)nn2)noc1N. The fourth-order valence-electron chi connectivity index (χ4n) is 3.13. The molecule has 160 valence electrons. The first-order valence-electron chi connectivity index (χ1n) is 9.60. The maximum absolute atomic E-state index is 12.5. The number of aromatic nitrogens is 3. The topological polar surface area (TPSA) is 162 Å². The molecule has 0 fully saturated rings. The number of amides is 3. The largest absolute Gasteiger partial charge is 0.367 e. The zero-order valence-corrected chi connectivity index (χ0v) is 16.8. The summed E-state index contributed by atoms with van der Waals surface area (Å²) in [6.45, 7) is 0. The van der Waals surface area contributed by atoms with E-state index in [1.165, 1.54) is 0 Å². The van der Waals surface area contributed by atoms with E-state index in [-0.39, 0.29) is 23.6 Å². The lowest BCUT2D eigenvalue weighted by molar-refractivity contribution is 0.1000. The average molecular weight is 429 g/mol. The molecule has 0 aliphatic carbocycles. The molecule has 0 unspecified atom stereocenters. The van der Waals surface area contributed by atoms with E-state index in [0.717, 1.165) is 5.56 Å². The second kappa shape index (κ2) is 8.96. The highest BCUT2D eigenvalue weighted by Crippen LogP contribution is 2.23. The third kappa shape index (κ3) is 4.54. The molecule has 10 nitrogen and oxygen atoms in total. The normalized spacial score (nSPS) is 10.5. The number of anilines is 3. The first-order chi connectivity index (χ1) is 15.5. The van der Waals surface area contributed by atoms with Crippen molar-refractivity contribution >= 4 is 29.3 Å². The summed E-state index contributed by atoms with van der Waals surface area (Å²) in [5, 5.41) is 17.4. The number of hydrogen-bond acceptors (Lipinski definition) is 7. The summed E-state index contributed by atoms with van der Waals surface area (Å²) in [5.41, 5.74) is 14.1. The van der Waals surface area contributed by atoms with Gasteiger partial charge in [0.15, 0.2) is 5.82 Å². The van der Waals surface area contributed by atoms with Crippen LogP contribution in [0, 0.1) is 0 Å². The smallest absolute Gasteiger partial charge is 0.324 e. The van der Waals surface area contributed by atoms with Crippen LogP contribution in [0.2, 0.25) is 0 Å². The van der Waals surface area contributed by atoms with Crippen molar-refractivity contribution in [1.82, 2.24) is 15.4 Å². The molecule has 0 bridgehead atoms. The van der Waals surface area contributed by atoms with E-state index in [1.54, 1.807) is 36.4 Å². The molecule has 0 saturated heterocycles. The Bertz CT molecular complexity index is 1250. The molecule has 32 heavy (non-hydrogen) atoms. The average Bonchev–Trinajstić information content (AvgIpc) is 3.16. The van der Waals surface area contributed by atoms with Gasteiger partial charge in [0.2, 0.25) is 5.88 Å². The Balaban J connectivity index is 1.46. The van der Waals surface area contributed by atoms with Crippen LogP contribution in [0.15, 0.2) is 71.3 Å². The fourth-order valence-corrected chi connectivity index (χ4v) is 3.13. The molecule has 2 aromatic carbocycles. The van der Waals surface area contributed by atoms with Gasteiger partial charge in [0.1, 0.15) is 11.3 Å². The van der Waals surface area contributed by atoms with Gasteiger partial charge < -0.3 is 21.3 Å². The van der Waals surface area contributed by atoms with Crippen molar-refractivity contribution in [3.8, 4) is 11.3 Å². The zero-order chi connectivity index (χ0) is 22.5. The summed E-state index contributed by atoms with van der Waals surface area (Å²) in [4.78, 5) is 24.1. The van der Waals surface area contributed by atoms with Crippen molar-refractivity contribution in [2.24, 2.45) is 5.73 Å². The van der Waals surface area contributed by atoms with Gasteiger partial charge in [0.05, 0.1) is 5.69 Å². The highest BCUT2D eigenvalue weighted by Gasteiger charge is 2.20. The van der Waals surface area contributed by atoms with Gasteiger partial charge in [0.25, 0.3) is 5.91 Å². The van der Waals surface area contributed by atoms with E-state index in [4.69, 9.17) is 16.0 Å². The lowest BCUT2D eigenvalue weighted by Crippen LogP contribution is -2.21. The minimum Gasteiger partial charge on any atom is -0.367 e. The van der Waals surface area contributed by atoms with Crippen LogP contribution in [0.4, 0.5) is 22.2 Å². The van der Waals surface area contributed by atoms with Gasteiger partial charge in [-0.3, -0.25) is 10.1 Å². The Morgan fingerprint density at radius 2 is 1.66 bits per heavy atom. The minimum atomic E-state index is -0.737. The molecule has 0 aliphatic heterocycles. The quantitative estimate of drug-likeness (QED) is 0.366. The number of nitrogens with zero attached hydrogens (tertiary/aromatic N) is 3. The van der Waals surface area contributed by atoms with Crippen LogP contribution in [0.5, 0.6) is 0 Å². The van der Waals surface area contributed by atoms with Crippen molar-refractivity contribution < 1.29 is 14.1 Å². The van der Waals surface area contributed by atoms with Crippen molar-refractivity contribution in [2.75, 3.05) is 16.4 Å². The minimum absolute atomic E-state index is 0.0260. The number of para-hydroxylation sites is 1. The number of nitrogen functional groups attached to an aromatic ring is 1. The van der Waals surface area contributed by atoms with Gasteiger partial charge in [-0.15, -0.1) is 10.2 Å². The molecular weight excluding hydrogens is 410 g/mol. The summed E-state index contributed by atoms with van der Waals surface area (Å²) in [6, 6.07) is 19.6. The van der Waals surface area contributed by atoms with E-state index >= 15 is 0 Å². The summed E-state index contributed by atoms with van der Waals surface area (Å²) in [6.07, 6.45) is 0.182. The van der Waals surface area contributed by atoms with Gasteiger partial charge in [-0.1, -0.05) is 53.7 Å². The van der Waals surface area contributed by atoms with E-state index in [1.807, 2.05) is 30.3 Å². The molecule has 4 aromatic rings. The zero-order valence-electron chi connectivity index (χ0n) is 16.8. The number of hydrogen-bond donors (Lipinski definition) is 4. The Labute approximate surface area is 182 Å². The molecule has 3 amide bonds. The summed E-state index contributed by atoms with van der Waals surface area (Å²) >= 11 is 0. The summed E-state index contributed by atoms with van der Waals surface area (Å²) < 4.78 is 4.88. The van der Waals surface area contributed by atoms with Gasteiger partial charge >= 0.3 is 6.03 Å². The molecule has 2 aromatic heterocycles. The summed E-state index contributed by atoms with van der Waals surface area (Å²) in [7, 11) is 0. The third-order valence-electron chi connectivity index (χ3n) is 4.63. The van der Waals surface area contributed by atoms with E-state index in [0.29, 0.717) is 22.8 Å². The molecule has 0 radical (unpaired) electrons. The predicted octanol–water partition coefficient (Wildman–Crippen LogP) is 3.05. The second-order valence-electron chi connectivity index (χ2n) is 6.82. The van der Waals surface area contributed by atoms with Crippen LogP contribution in [0.1, 0.15) is 21.6 Å². The molecule has 0 atom stereocenters. The van der Waals surface area contributed by atoms with Crippen LogP contribution >= 0.6 is 0 Å². The third-order valence-corrected chi connectivity index (χ3v) is 4.63. The Kier molecular flexibility index (Phi) is 5.75. The molecule has 2 heterocycles. The van der Waals surface area contributed by atoms with E-state index in [9.17, 15) is 9.59 Å². The van der Waals surface area contributed by atoms with E-state index in [2.05, 4.69) is 26.0 Å². The number of carbonyl (C=O) groups is 2. The van der Waals surface area contributed by atoms with Crippen LogP contribution in [-0.2, 0) is 6.42 Å². The number of nitrogens with one attached hydrogen (secondary N) is 2. The maximum Gasteiger partial charge on any atom is 0.324 e. The van der Waals surface area contributed by atoms with Crippen LogP contribution in [0.25, 0.3) is 11.3 Å². The molecule has 6 N–H and O–H groups in total. The standard InChI is InChI=1S/C22H19N7O3/c23-20(30)19-17(29-32-21(19)24)12-14-8-4-5-9-15(14)25-22(31)26-18-11-10-16(27-28-18)13-6-2-1-3-7-13/h1-11H,12,24H2,(H2,23,30)(H2,25,26,28,31). The maximum atomic E-state index is 12.5. The Morgan fingerprint density at radius 1 is 0.906 bits per heavy atom. The second-order valence-corrected chi connectivity index (χ2v) is 6.82. The molecular formula is C22H19N7O3. The van der Waals surface area contributed by atoms with Crippen molar-refractivity contribution in [1.29, 1.82) is 0 Å². The van der Waals surface area contributed by atoms with Crippen LogP contribution < -0.4 is 22.1 Å². The van der Waals surface area contributed by atoms with Crippen molar-refractivity contribution in [2.45, 2.75) is 6.42 Å². The number of rotatable bonds is 6. The highest BCUT2D eigenvalue weighted by molar-refractivity contribution is 6.00. The first-order valence-corrected chi connectivity index (χ1v) is 9.60. The number of nitrogens with two attached hydrogens (primary N) is 2. The van der Waals surface area contributed by atoms with Gasteiger partial charge in [0, 0.05) is 17.7 Å². The number of benzene rings is 2.